The van der Waals surface area contributed by atoms with Crippen LogP contribution in [0, 0.1) is 0 Å². The number of halogens is 1. The van der Waals surface area contributed by atoms with Gasteiger partial charge < -0.3 is 0 Å². The van der Waals surface area contributed by atoms with E-state index in [4.69, 9.17) is 0 Å². The number of imide groups is 1. The van der Waals surface area contributed by atoms with Gasteiger partial charge in [-0.15, -0.1) is 0 Å². The summed E-state index contributed by atoms with van der Waals surface area (Å²) in [5.41, 5.74) is 0.449. The van der Waals surface area contributed by atoms with Crippen LogP contribution in [0.25, 0.3) is 0 Å². The molecule has 1 aromatic rings. The number of alkyl halides is 1. The normalized spacial score (nSPS) is 17.3. The lowest BCUT2D eigenvalue weighted by Gasteiger charge is -2.36. The zero-order valence-corrected chi connectivity index (χ0v) is 11.6. The number of fused-ring (bicyclic) bond motifs is 1. The zero-order valence-electron chi connectivity index (χ0n) is 10.0. The molecule has 17 heavy (non-hydrogen) atoms. The number of carbonyl (C=O) groups is 2. The number of amides is 2. The smallest absolute Gasteiger partial charge is 0.262 e. The van der Waals surface area contributed by atoms with Crippen LogP contribution >= 0.6 is 15.9 Å². The van der Waals surface area contributed by atoms with E-state index in [2.05, 4.69) is 15.9 Å². The SMILES string of the molecule is CC(Br)C(C)(C)N1C(=O)c2ccccc2C1=O. The van der Waals surface area contributed by atoms with Crippen LogP contribution in [-0.2, 0) is 0 Å². The van der Waals surface area contributed by atoms with Crippen LogP contribution in [0.4, 0.5) is 0 Å². The van der Waals surface area contributed by atoms with Crippen LogP contribution < -0.4 is 0 Å². The molecular weight excluding hydrogens is 282 g/mol. The molecule has 0 saturated heterocycles. The van der Waals surface area contributed by atoms with Gasteiger partial charge in [0.25, 0.3) is 11.8 Å². The third-order valence-electron chi connectivity index (χ3n) is 3.34. The molecule has 1 heterocycles. The molecule has 4 heteroatoms. The van der Waals surface area contributed by atoms with Gasteiger partial charge in [-0.05, 0) is 26.0 Å². The lowest BCUT2D eigenvalue weighted by molar-refractivity contribution is 0.0485. The maximum Gasteiger partial charge on any atom is 0.262 e. The maximum absolute atomic E-state index is 12.2. The molecule has 0 saturated carbocycles. The monoisotopic (exact) mass is 295 g/mol. The molecule has 1 aliphatic rings. The Labute approximate surface area is 109 Å². The van der Waals surface area contributed by atoms with Crippen molar-refractivity contribution in [2.75, 3.05) is 0 Å². The quantitative estimate of drug-likeness (QED) is 0.621. The first-order valence-corrected chi connectivity index (χ1v) is 6.41. The van der Waals surface area contributed by atoms with E-state index in [0.29, 0.717) is 11.1 Å². The summed E-state index contributed by atoms with van der Waals surface area (Å²) in [5, 5.41) is 0. The molecule has 1 atom stereocenters. The highest BCUT2D eigenvalue weighted by Crippen LogP contribution is 2.33. The van der Waals surface area contributed by atoms with Gasteiger partial charge in [-0.25, -0.2) is 0 Å². The first kappa shape index (κ1) is 12.3. The molecule has 0 radical (unpaired) electrons. The zero-order chi connectivity index (χ0) is 12.8. The first-order chi connectivity index (χ1) is 7.87. The lowest BCUT2D eigenvalue weighted by atomic mass is 9.99. The summed E-state index contributed by atoms with van der Waals surface area (Å²) in [6.45, 7) is 5.70. The van der Waals surface area contributed by atoms with Gasteiger partial charge in [0, 0.05) is 4.83 Å². The minimum Gasteiger partial charge on any atom is -0.269 e. The third-order valence-corrected chi connectivity index (χ3v) is 4.46. The fourth-order valence-corrected chi connectivity index (χ4v) is 2.10. The van der Waals surface area contributed by atoms with Gasteiger partial charge in [0.1, 0.15) is 0 Å². The van der Waals surface area contributed by atoms with Crippen molar-refractivity contribution >= 4 is 27.7 Å². The highest BCUT2D eigenvalue weighted by atomic mass is 79.9. The molecule has 3 nitrogen and oxygen atoms in total. The molecule has 0 spiro atoms. The van der Waals surface area contributed by atoms with Crippen molar-refractivity contribution in [3.05, 3.63) is 35.4 Å². The van der Waals surface area contributed by atoms with E-state index in [1.165, 1.54) is 4.90 Å². The summed E-state index contributed by atoms with van der Waals surface area (Å²) in [4.78, 5) is 25.9. The van der Waals surface area contributed by atoms with Crippen LogP contribution in [0.3, 0.4) is 0 Å². The maximum atomic E-state index is 12.2. The summed E-state index contributed by atoms with van der Waals surface area (Å²) >= 11 is 3.46. The molecule has 2 amide bonds. The molecule has 0 aliphatic carbocycles. The molecule has 1 aliphatic heterocycles. The number of nitrogens with zero attached hydrogens (tertiary/aromatic N) is 1. The molecule has 90 valence electrons. The predicted octanol–water partition coefficient (Wildman–Crippen LogP) is 2.84. The van der Waals surface area contributed by atoms with Crippen LogP contribution in [-0.4, -0.2) is 27.1 Å². The Balaban J connectivity index is 2.50. The Hall–Kier alpha value is -1.16. The van der Waals surface area contributed by atoms with E-state index >= 15 is 0 Å². The van der Waals surface area contributed by atoms with Gasteiger partial charge in [0.2, 0.25) is 0 Å². The van der Waals surface area contributed by atoms with Crippen molar-refractivity contribution < 1.29 is 9.59 Å². The van der Waals surface area contributed by atoms with Gasteiger partial charge in [-0.2, -0.15) is 0 Å². The van der Waals surface area contributed by atoms with Gasteiger partial charge in [-0.3, -0.25) is 14.5 Å². The molecular formula is C13H14BrNO2. The van der Waals surface area contributed by atoms with Crippen LogP contribution in [0.15, 0.2) is 24.3 Å². The second-order valence-electron chi connectivity index (χ2n) is 4.76. The van der Waals surface area contributed by atoms with E-state index < -0.39 is 5.54 Å². The van der Waals surface area contributed by atoms with Gasteiger partial charge >= 0.3 is 0 Å². The molecule has 0 bridgehead atoms. The third kappa shape index (κ3) is 1.71. The van der Waals surface area contributed by atoms with E-state index in [1.54, 1.807) is 24.3 Å². The second kappa shape index (κ2) is 3.95. The summed E-state index contributed by atoms with van der Waals surface area (Å²) in [7, 11) is 0. The van der Waals surface area contributed by atoms with E-state index in [0.717, 1.165) is 0 Å². The van der Waals surface area contributed by atoms with Crippen molar-refractivity contribution in [2.24, 2.45) is 0 Å². The molecule has 0 aromatic heterocycles. The van der Waals surface area contributed by atoms with Crippen molar-refractivity contribution in [1.82, 2.24) is 4.90 Å². The number of carbonyl (C=O) groups excluding carboxylic acids is 2. The van der Waals surface area contributed by atoms with Gasteiger partial charge in [-0.1, -0.05) is 35.0 Å². The Kier molecular flexibility index (Phi) is 2.86. The topological polar surface area (TPSA) is 37.4 Å². The molecule has 1 unspecified atom stereocenters. The van der Waals surface area contributed by atoms with E-state index in [-0.39, 0.29) is 16.6 Å². The Morgan fingerprint density at radius 1 is 1.12 bits per heavy atom. The minimum atomic E-state index is -0.548. The summed E-state index contributed by atoms with van der Waals surface area (Å²) in [5.74, 6) is -0.413. The molecule has 2 rings (SSSR count). The van der Waals surface area contributed by atoms with Crippen molar-refractivity contribution in [1.29, 1.82) is 0 Å². The van der Waals surface area contributed by atoms with Gasteiger partial charge in [0.05, 0.1) is 16.7 Å². The fraction of sp³-hybridized carbons (Fsp3) is 0.385. The number of benzene rings is 1. The van der Waals surface area contributed by atoms with Crippen molar-refractivity contribution in [2.45, 2.75) is 31.1 Å². The average Bonchev–Trinajstić information content (AvgIpc) is 2.52. The van der Waals surface area contributed by atoms with Crippen LogP contribution in [0.2, 0.25) is 0 Å². The fourth-order valence-electron chi connectivity index (χ4n) is 1.89. The molecule has 0 fully saturated rings. The minimum absolute atomic E-state index is 0.0252. The van der Waals surface area contributed by atoms with E-state index in [1.807, 2.05) is 20.8 Å². The number of rotatable bonds is 2. The van der Waals surface area contributed by atoms with Gasteiger partial charge in [0.15, 0.2) is 0 Å². The Morgan fingerprint density at radius 3 is 1.88 bits per heavy atom. The number of hydrogen-bond donors (Lipinski definition) is 0. The van der Waals surface area contributed by atoms with Crippen LogP contribution in [0.5, 0.6) is 0 Å². The summed E-state index contributed by atoms with van der Waals surface area (Å²) in [6, 6.07) is 6.95. The predicted molar refractivity (Wildman–Crippen MR) is 69.4 cm³/mol. The van der Waals surface area contributed by atoms with Crippen molar-refractivity contribution in [3.8, 4) is 0 Å². The second-order valence-corrected chi connectivity index (χ2v) is 6.13. The van der Waals surface area contributed by atoms with E-state index in [9.17, 15) is 9.59 Å². The highest BCUT2D eigenvalue weighted by molar-refractivity contribution is 9.09. The lowest BCUT2D eigenvalue weighted by Crippen LogP contribution is -2.52. The highest BCUT2D eigenvalue weighted by Gasteiger charge is 2.45. The van der Waals surface area contributed by atoms with Crippen LogP contribution in [0.1, 0.15) is 41.5 Å². The Morgan fingerprint density at radius 2 is 1.53 bits per heavy atom. The first-order valence-electron chi connectivity index (χ1n) is 5.49. The van der Waals surface area contributed by atoms with Crippen molar-refractivity contribution in [3.63, 3.8) is 0 Å². The Bertz CT molecular complexity index is 459. The standard InChI is InChI=1S/C13H14BrNO2/c1-8(14)13(2,3)15-11(16)9-6-4-5-7-10(9)12(15)17/h4-8H,1-3H3. The largest absolute Gasteiger partial charge is 0.269 e. The summed E-state index contributed by atoms with van der Waals surface area (Å²) < 4.78 is 0. The molecule has 0 N–H and O–H groups in total. The average molecular weight is 296 g/mol. The number of hydrogen-bond acceptors (Lipinski definition) is 2. The molecule has 1 aromatic carbocycles. The summed E-state index contributed by atoms with van der Waals surface area (Å²) in [6.07, 6.45) is 0.